The number of hydrogen-bond donors (Lipinski definition) is 1. The molecule has 0 unspecified atom stereocenters. The van der Waals surface area contributed by atoms with E-state index in [2.05, 4.69) is 11.8 Å². The number of nitrogens with one attached hydrogen (secondary N) is 1. The van der Waals surface area contributed by atoms with Crippen molar-refractivity contribution < 1.29 is 13.2 Å². The summed E-state index contributed by atoms with van der Waals surface area (Å²) in [5.74, 6) is -0.504. The Hall–Kier alpha value is -0.620. The standard InChI is InChI=1S/C9H18N2O3S/c1-3-11-6-4-8(5-7-11)9(12)10-15(2,13)14/h8H,3-7H2,1-2H3,(H,10,12). The predicted molar refractivity (Wildman–Crippen MR) is 57.8 cm³/mol. The van der Waals surface area contributed by atoms with Gasteiger partial charge in [0.1, 0.15) is 0 Å². The van der Waals surface area contributed by atoms with Gasteiger partial charge in [0, 0.05) is 5.92 Å². The van der Waals surface area contributed by atoms with Crippen LogP contribution in [-0.2, 0) is 14.8 Å². The molecule has 0 aromatic heterocycles. The molecule has 0 aromatic carbocycles. The minimum Gasteiger partial charge on any atom is -0.304 e. The number of hydrogen-bond acceptors (Lipinski definition) is 4. The second kappa shape index (κ2) is 4.94. The molecule has 88 valence electrons. The van der Waals surface area contributed by atoms with Gasteiger partial charge in [0.15, 0.2) is 0 Å². The number of piperidine rings is 1. The molecule has 6 heteroatoms. The fraction of sp³-hybridized carbons (Fsp3) is 0.889. The summed E-state index contributed by atoms with van der Waals surface area (Å²) in [5.41, 5.74) is 0. The molecule has 0 aromatic rings. The van der Waals surface area contributed by atoms with Crippen molar-refractivity contribution in [2.75, 3.05) is 25.9 Å². The van der Waals surface area contributed by atoms with Gasteiger partial charge in [-0.05, 0) is 32.5 Å². The highest BCUT2D eigenvalue weighted by atomic mass is 32.2. The molecule has 1 N–H and O–H groups in total. The topological polar surface area (TPSA) is 66.5 Å². The van der Waals surface area contributed by atoms with Gasteiger partial charge in [-0.25, -0.2) is 8.42 Å². The van der Waals surface area contributed by atoms with Crippen molar-refractivity contribution in [3.8, 4) is 0 Å². The van der Waals surface area contributed by atoms with E-state index in [-0.39, 0.29) is 11.8 Å². The van der Waals surface area contributed by atoms with Crippen LogP contribution in [0.25, 0.3) is 0 Å². The van der Waals surface area contributed by atoms with Gasteiger partial charge < -0.3 is 4.90 Å². The summed E-state index contributed by atoms with van der Waals surface area (Å²) < 4.78 is 23.8. The summed E-state index contributed by atoms with van der Waals surface area (Å²) in [4.78, 5) is 13.8. The third-order valence-corrected chi connectivity index (χ3v) is 3.26. The van der Waals surface area contributed by atoms with Crippen molar-refractivity contribution in [1.82, 2.24) is 9.62 Å². The van der Waals surface area contributed by atoms with Crippen molar-refractivity contribution in [3.05, 3.63) is 0 Å². The first-order valence-corrected chi connectivity index (χ1v) is 7.05. The van der Waals surface area contributed by atoms with Gasteiger partial charge in [-0.15, -0.1) is 0 Å². The molecule has 1 fully saturated rings. The van der Waals surface area contributed by atoms with Gasteiger partial charge in [-0.1, -0.05) is 6.92 Å². The van der Waals surface area contributed by atoms with Crippen LogP contribution < -0.4 is 4.72 Å². The lowest BCUT2D eigenvalue weighted by molar-refractivity contribution is -0.124. The maximum absolute atomic E-state index is 11.5. The summed E-state index contributed by atoms with van der Waals surface area (Å²) in [6.07, 6.45) is 2.50. The zero-order chi connectivity index (χ0) is 11.5. The molecule has 0 atom stereocenters. The minimum absolute atomic E-state index is 0.150. The smallest absolute Gasteiger partial charge is 0.236 e. The number of likely N-dealkylation sites (tertiary alicyclic amines) is 1. The van der Waals surface area contributed by atoms with Gasteiger partial charge in [0.05, 0.1) is 6.26 Å². The van der Waals surface area contributed by atoms with E-state index in [0.29, 0.717) is 0 Å². The quantitative estimate of drug-likeness (QED) is 0.734. The minimum atomic E-state index is -3.40. The summed E-state index contributed by atoms with van der Waals surface area (Å²) in [7, 11) is -3.40. The zero-order valence-electron chi connectivity index (χ0n) is 9.19. The van der Waals surface area contributed by atoms with Crippen molar-refractivity contribution >= 4 is 15.9 Å². The fourth-order valence-corrected chi connectivity index (χ4v) is 2.31. The predicted octanol–water partition coefficient (Wildman–Crippen LogP) is -0.206. The average molecular weight is 234 g/mol. The number of amides is 1. The van der Waals surface area contributed by atoms with Crippen molar-refractivity contribution in [2.24, 2.45) is 5.92 Å². The van der Waals surface area contributed by atoms with Gasteiger partial charge >= 0.3 is 0 Å². The number of nitrogens with zero attached hydrogens (tertiary/aromatic N) is 1. The molecular weight excluding hydrogens is 216 g/mol. The summed E-state index contributed by atoms with van der Waals surface area (Å²) >= 11 is 0. The second-order valence-corrected chi connectivity index (χ2v) is 5.70. The van der Waals surface area contributed by atoms with E-state index >= 15 is 0 Å². The molecule has 0 bridgehead atoms. The maximum atomic E-state index is 11.5. The average Bonchev–Trinajstić information content (AvgIpc) is 2.15. The van der Waals surface area contributed by atoms with Gasteiger partial charge in [0.25, 0.3) is 0 Å². The highest BCUT2D eigenvalue weighted by Gasteiger charge is 2.25. The normalized spacial score (nSPS) is 20.1. The molecule has 1 heterocycles. The van der Waals surface area contributed by atoms with E-state index < -0.39 is 10.0 Å². The lowest BCUT2D eigenvalue weighted by atomic mass is 9.96. The molecule has 5 nitrogen and oxygen atoms in total. The van der Waals surface area contributed by atoms with Gasteiger partial charge in [0.2, 0.25) is 15.9 Å². The first-order valence-electron chi connectivity index (χ1n) is 5.16. The molecule has 0 spiro atoms. The van der Waals surface area contributed by atoms with Crippen LogP contribution in [0.15, 0.2) is 0 Å². The molecule has 1 aliphatic heterocycles. The van der Waals surface area contributed by atoms with Crippen LogP contribution in [0.3, 0.4) is 0 Å². The molecule has 1 amide bonds. The van der Waals surface area contributed by atoms with E-state index in [4.69, 9.17) is 0 Å². The monoisotopic (exact) mass is 234 g/mol. The molecular formula is C9H18N2O3S. The highest BCUT2D eigenvalue weighted by molar-refractivity contribution is 7.89. The SMILES string of the molecule is CCN1CCC(C(=O)NS(C)(=O)=O)CC1. The van der Waals surface area contributed by atoms with E-state index in [0.717, 1.165) is 38.7 Å². The fourth-order valence-electron chi connectivity index (χ4n) is 1.78. The van der Waals surface area contributed by atoms with Gasteiger partial charge in [-0.2, -0.15) is 0 Å². The van der Waals surface area contributed by atoms with Crippen molar-refractivity contribution in [3.63, 3.8) is 0 Å². The van der Waals surface area contributed by atoms with Crippen LogP contribution in [0.5, 0.6) is 0 Å². The van der Waals surface area contributed by atoms with Gasteiger partial charge in [-0.3, -0.25) is 9.52 Å². The Morgan fingerprint density at radius 2 is 1.93 bits per heavy atom. The molecule has 0 saturated carbocycles. The first-order chi connectivity index (χ1) is 6.92. The number of carbonyl (C=O) groups is 1. The molecule has 0 radical (unpaired) electrons. The zero-order valence-corrected chi connectivity index (χ0v) is 10.0. The van der Waals surface area contributed by atoms with Crippen molar-refractivity contribution in [1.29, 1.82) is 0 Å². The van der Waals surface area contributed by atoms with Crippen LogP contribution in [0.1, 0.15) is 19.8 Å². The second-order valence-electron chi connectivity index (χ2n) is 3.95. The van der Waals surface area contributed by atoms with E-state index in [1.165, 1.54) is 0 Å². The third-order valence-electron chi connectivity index (χ3n) is 2.69. The van der Waals surface area contributed by atoms with E-state index in [1.807, 2.05) is 4.72 Å². The summed E-state index contributed by atoms with van der Waals surface area (Å²) in [6.45, 7) is 4.81. The van der Waals surface area contributed by atoms with Crippen molar-refractivity contribution in [2.45, 2.75) is 19.8 Å². The lowest BCUT2D eigenvalue weighted by Crippen LogP contribution is -2.41. The Morgan fingerprint density at radius 1 is 1.40 bits per heavy atom. The van der Waals surface area contributed by atoms with Crippen LogP contribution in [0, 0.1) is 5.92 Å². The lowest BCUT2D eigenvalue weighted by Gasteiger charge is -2.29. The van der Waals surface area contributed by atoms with Crippen LogP contribution in [-0.4, -0.2) is 45.1 Å². The number of sulfonamides is 1. The molecule has 0 aliphatic carbocycles. The largest absolute Gasteiger partial charge is 0.304 e. The Labute approximate surface area is 90.9 Å². The Balaban J connectivity index is 2.43. The van der Waals surface area contributed by atoms with E-state index in [1.54, 1.807) is 0 Å². The summed E-state index contributed by atoms with van der Waals surface area (Å²) in [5, 5.41) is 0. The summed E-state index contributed by atoms with van der Waals surface area (Å²) in [6, 6.07) is 0. The number of rotatable bonds is 3. The highest BCUT2D eigenvalue weighted by Crippen LogP contribution is 2.16. The van der Waals surface area contributed by atoms with E-state index in [9.17, 15) is 13.2 Å². The Bertz CT molecular complexity index is 318. The van der Waals surface area contributed by atoms with Crippen LogP contribution >= 0.6 is 0 Å². The third kappa shape index (κ3) is 4.17. The molecule has 1 saturated heterocycles. The maximum Gasteiger partial charge on any atom is 0.236 e. The number of carbonyl (C=O) groups excluding carboxylic acids is 1. The molecule has 15 heavy (non-hydrogen) atoms. The van der Waals surface area contributed by atoms with Crippen LogP contribution in [0.4, 0.5) is 0 Å². The molecule has 1 aliphatic rings. The Kier molecular flexibility index (Phi) is 4.10. The molecule has 1 rings (SSSR count). The first kappa shape index (κ1) is 12.4. The van der Waals surface area contributed by atoms with Crippen LogP contribution in [0.2, 0.25) is 0 Å². The Morgan fingerprint density at radius 3 is 2.33 bits per heavy atom.